The fourth-order valence-corrected chi connectivity index (χ4v) is 2.48. The van der Waals surface area contributed by atoms with Crippen molar-refractivity contribution < 1.29 is 9.53 Å². The van der Waals surface area contributed by atoms with Crippen molar-refractivity contribution >= 4 is 6.09 Å². The van der Waals surface area contributed by atoms with Crippen LogP contribution in [-0.2, 0) is 4.74 Å². The molecule has 1 amide bonds. The highest BCUT2D eigenvalue weighted by atomic mass is 16.6. The second-order valence-corrected chi connectivity index (χ2v) is 5.59. The molecule has 2 fully saturated rings. The number of hydrogen-bond acceptors (Lipinski definition) is 3. The van der Waals surface area contributed by atoms with Gasteiger partial charge in [-0.15, -0.1) is 0 Å². The van der Waals surface area contributed by atoms with Crippen molar-refractivity contribution in [2.45, 2.75) is 51.3 Å². The molecule has 2 rings (SSSR count). The molecule has 4 nitrogen and oxygen atoms in total. The molecule has 1 saturated carbocycles. The van der Waals surface area contributed by atoms with E-state index in [0.717, 1.165) is 19.4 Å². The van der Waals surface area contributed by atoms with Crippen LogP contribution in [0, 0.1) is 5.92 Å². The number of carbonyl (C=O) groups is 1. The van der Waals surface area contributed by atoms with Crippen LogP contribution in [0.25, 0.3) is 0 Å². The maximum atomic E-state index is 11.8. The van der Waals surface area contributed by atoms with Gasteiger partial charge in [0.15, 0.2) is 0 Å². The number of ether oxygens (including phenoxy) is 1. The molecule has 3 atom stereocenters. The van der Waals surface area contributed by atoms with Crippen molar-refractivity contribution in [3.63, 3.8) is 0 Å². The number of carbonyl (C=O) groups excluding carboxylic acids is 1. The Morgan fingerprint density at radius 2 is 2.13 bits per heavy atom. The average molecular weight is 212 g/mol. The molecule has 2 aliphatic rings. The molecule has 0 aromatic rings. The monoisotopic (exact) mass is 212 g/mol. The lowest BCUT2D eigenvalue weighted by atomic mass is 9.76. The Labute approximate surface area is 90.8 Å². The third-order valence-corrected chi connectivity index (χ3v) is 3.29. The van der Waals surface area contributed by atoms with E-state index >= 15 is 0 Å². The van der Waals surface area contributed by atoms with Gasteiger partial charge in [-0.05, 0) is 39.5 Å². The van der Waals surface area contributed by atoms with E-state index in [1.807, 2.05) is 25.7 Å². The molecule has 0 unspecified atom stereocenters. The topological polar surface area (TPSA) is 55.6 Å². The molecule has 2 N–H and O–H groups in total. The third-order valence-electron chi connectivity index (χ3n) is 3.29. The molecule has 0 radical (unpaired) electrons. The van der Waals surface area contributed by atoms with Crippen molar-refractivity contribution in [3.05, 3.63) is 0 Å². The summed E-state index contributed by atoms with van der Waals surface area (Å²) in [6, 6.07) is 0.636. The minimum Gasteiger partial charge on any atom is -0.444 e. The molecule has 0 aromatic heterocycles. The molecule has 0 spiro atoms. The van der Waals surface area contributed by atoms with Gasteiger partial charge in [-0.25, -0.2) is 4.79 Å². The second-order valence-electron chi connectivity index (χ2n) is 5.59. The minimum absolute atomic E-state index is 0.179. The first-order valence-electron chi connectivity index (χ1n) is 5.64. The standard InChI is InChI=1S/C11H20N2O2/c1-11(2,3)15-10(14)13-5-4-7-8(12)6-9(7)13/h7-9H,4-6,12H2,1-3H3/t7-,8-,9+/m1/s1. The van der Waals surface area contributed by atoms with Crippen molar-refractivity contribution in [2.75, 3.05) is 6.54 Å². The molecule has 4 heteroatoms. The van der Waals surface area contributed by atoms with Crippen LogP contribution in [0.3, 0.4) is 0 Å². The number of likely N-dealkylation sites (tertiary alicyclic amines) is 1. The summed E-state index contributed by atoms with van der Waals surface area (Å²) in [4.78, 5) is 13.7. The van der Waals surface area contributed by atoms with Gasteiger partial charge in [0, 0.05) is 18.6 Å². The van der Waals surface area contributed by atoms with Crippen LogP contribution in [0.2, 0.25) is 0 Å². The quantitative estimate of drug-likeness (QED) is 0.659. The van der Waals surface area contributed by atoms with Crippen LogP contribution in [0.1, 0.15) is 33.6 Å². The Hall–Kier alpha value is -0.770. The van der Waals surface area contributed by atoms with Crippen LogP contribution in [0.15, 0.2) is 0 Å². The number of amides is 1. The maximum absolute atomic E-state index is 11.8. The zero-order valence-corrected chi connectivity index (χ0v) is 9.69. The Morgan fingerprint density at radius 1 is 1.47 bits per heavy atom. The van der Waals surface area contributed by atoms with Gasteiger partial charge in [0.2, 0.25) is 0 Å². The molecule has 1 aliphatic heterocycles. The molecule has 1 aliphatic carbocycles. The number of fused-ring (bicyclic) bond motifs is 1. The van der Waals surface area contributed by atoms with E-state index in [0.29, 0.717) is 18.0 Å². The number of nitrogens with zero attached hydrogens (tertiary/aromatic N) is 1. The smallest absolute Gasteiger partial charge is 0.410 e. The molecular weight excluding hydrogens is 192 g/mol. The summed E-state index contributed by atoms with van der Waals surface area (Å²) in [5, 5.41) is 0. The molecule has 1 saturated heterocycles. The Balaban J connectivity index is 1.93. The third kappa shape index (κ3) is 1.95. The van der Waals surface area contributed by atoms with Crippen LogP contribution < -0.4 is 5.73 Å². The average Bonchev–Trinajstić information content (AvgIpc) is 2.38. The van der Waals surface area contributed by atoms with Crippen molar-refractivity contribution in [2.24, 2.45) is 11.7 Å². The van der Waals surface area contributed by atoms with E-state index in [4.69, 9.17) is 10.5 Å². The number of nitrogens with two attached hydrogens (primary N) is 1. The van der Waals surface area contributed by atoms with Gasteiger partial charge in [-0.1, -0.05) is 0 Å². The van der Waals surface area contributed by atoms with E-state index < -0.39 is 5.60 Å². The Bertz CT molecular complexity index is 272. The zero-order valence-electron chi connectivity index (χ0n) is 9.69. The van der Waals surface area contributed by atoms with Gasteiger partial charge in [0.05, 0.1) is 0 Å². The summed E-state index contributed by atoms with van der Waals surface area (Å²) in [6.07, 6.45) is 1.79. The molecule has 15 heavy (non-hydrogen) atoms. The predicted molar refractivity (Wildman–Crippen MR) is 57.4 cm³/mol. The minimum atomic E-state index is -0.402. The predicted octanol–water partition coefficient (Wildman–Crippen LogP) is 1.34. The number of rotatable bonds is 0. The van der Waals surface area contributed by atoms with Crippen molar-refractivity contribution in [1.29, 1.82) is 0 Å². The summed E-state index contributed by atoms with van der Waals surface area (Å²) < 4.78 is 5.36. The molecule has 86 valence electrons. The van der Waals surface area contributed by atoms with Crippen LogP contribution in [0.4, 0.5) is 4.79 Å². The highest BCUT2D eigenvalue weighted by Gasteiger charge is 2.49. The first kappa shape index (κ1) is 10.7. The lowest BCUT2D eigenvalue weighted by Gasteiger charge is -2.41. The van der Waals surface area contributed by atoms with Crippen LogP contribution >= 0.6 is 0 Å². The van der Waals surface area contributed by atoms with Gasteiger partial charge < -0.3 is 15.4 Å². The lowest BCUT2D eigenvalue weighted by Crippen LogP contribution is -2.55. The van der Waals surface area contributed by atoms with Crippen LogP contribution in [0.5, 0.6) is 0 Å². The second kappa shape index (κ2) is 3.37. The maximum Gasteiger partial charge on any atom is 0.410 e. The van der Waals surface area contributed by atoms with Crippen molar-refractivity contribution in [1.82, 2.24) is 4.90 Å². The first-order valence-corrected chi connectivity index (χ1v) is 5.64. The normalized spacial score (nSPS) is 34.7. The summed E-state index contributed by atoms with van der Waals surface area (Å²) in [7, 11) is 0. The van der Waals surface area contributed by atoms with Gasteiger partial charge in [-0.3, -0.25) is 0 Å². The van der Waals surface area contributed by atoms with E-state index in [1.165, 1.54) is 0 Å². The largest absolute Gasteiger partial charge is 0.444 e. The molecular formula is C11H20N2O2. The van der Waals surface area contributed by atoms with Crippen LogP contribution in [-0.4, -0.2) is 35.2 Å². The first-order chi connectivity index (χ1) is 6.88. The van der Waals surface area contributed by atoms with E-state index in [1.54, 1.807) is 0 Å². The van der Waals surface area contributed by atoms with Gasteiger partial charge in [0.25, 0.3) is 0 Å². The zero-order chi connectivity index (χ0) is 11.2. The van der Waals surface area contributed by atoms with Gasteiger partial charge >= 0.3 is 6.09 Å². The molecule has 0 aromatic carbocycles. The summed E-state index contributed by atoms with van der Waals surface area (Å²) in [6.45, 7) is 6.48. The summed E-state index contributed by atoms with van der Waals surface area (Å²) in [5.74, 6) is 0.512. The Kier molecular flexibility index (Phi) is 2.41. The fraction of sp³-hybridized carbons (Fsp3) is 0.909. The van der Waals surface area contributed by atoms with Gasteiger partial charge in [0.1, 0.15) is 5.60 Å². The van der Waals surface area contributed by atoms with E-state index in [9.17, 15) is 4.79 Å². The van der Waals surface area contributed by atoms with Crippen molar-refractivity contribution in [3.8, 4) is 0 Å². The molecule has 0 bridgehead atoms. The molecule has 1 heterocycles. The fourth-order valence-electron chi connectivity index (χ4n) is 2.48. The van der Waals surface area contributed by atoms with E-state index in [2.05, 4.69) is 0 Å². The number of hydrogen-bond donors (Lipinski definition) is 1. The summed E-state index contributed by atoms with van der Waals surface area (Å²) in [5.41, 5.74) is 5.47. The lowest BCUT2D eigenvalue weighted by molar-refractivity contribution is 0.0107. The van der Waals surface area contributed by atoms with Gasteiger partial charge in [-0.2, -0.15) is 0 Å². The highest BCUT2D eigenvalue weighted by molar-refractivity contribution is 5.69. The highest BCUT2D eigenvalue weighted by Crippen LogP contribution is 2.39. The Morgan fingerprint density at radius 3 is 2.60 bits per heavy atom. The summed E-state index contributed by atoms with van der Waals surface area (Å²) >= 11 is 0. The van der Waals surface area contributed by atoms with E-state index in [-0.39, 0.29) is 6.09 Å². The SMILES string of the molecule is CC(C)(C)OC(=O)N1CC[C@@H]2[C@H](N)C[C@@H]21.